The van der Waals surface area contributed by atoms with E-state index in [0.717, 1.165) is 44.6 Å². The smallest absolute Gasteiger partial charge is 0.328 e. The molecule has 0 aliphatic carbocycles. The topological polar surface area (TPSA) is 41.6 Å². The lowest BCUT2D eigenvalue weighted by Crippen LogP contribution is -2.38. The Kier molecular flexibility index (Phi) is 6.21. The quantitative estimate of drug-likeness (QED) is 0.844. The van der Waals surface area contributed by atoms with Crippen molar-refractivity contribution < 1.29 is 9.53 Å². The van der Waals surface area contributed by atoms with E-state index in [2.05, 4.69) is 29.3 Å². The van der Waals surface area contributed by atoms with Gasteiger partial charge in [0.25, 0.3) is 0 Å². The summed E-state index contributed by atoms with van der Waals surface area (Å²) in [6, 6.07) is 7.95. The van der Waals surface area contributed by atoms with Crippen molar-refractivity contribution in [1.82, 2.24) is 10.2 Å². The predicted octanol–water partition coefficient (Wildman–Crippen LogP) is 2.15. The predicted molar refractivity (Wildman–Crippen MR) is 84.3 cm³/mol. The van der Waals surface area contributed by atoms with Gasteiger partial charge in [-0.15, -0.1) is 0 Å². The van der Waals surface area contributed by atoms with Gasteiger partial charge in [0.1, 0.15) is 6.04 Å². The van der Waals surface area contributed by atoms with Crippen molar-refractivity contribution in [2.24, 2.45) is 0 Å². The fourth-order valence-electron chi connectivity index (χ4n) is 2.94. The minimum Gasteiger partial charge on any atom is -0.465 e. The van der Waals surface area contributed by atoms with E-state index in [9.17, 15) is 4.79 Å². The minimum absolute atomic E-state index is 0.125. The standard InChI is InChI=1S/C17H26N2O2/c1-3-14-8-5-6-9-15(14)16(17(20)21-4-2)19-12-7-10-18-11-13-19/h5-6,8-9,16,18H,3-4,7,10-13H2,1-2H3. The van der Waals surface area contributed by atoms with Crippen LogP contribution in [0.15, 0.2) is 24.3 Å². The lowest BCUT2D eigenvalue weighted by Gasteiger charge is -2.30. The molecule has 1 heterocycles. The maximum Gasteiger partial charge on any atom is 0.328 e. The summed E-state index contributed by atoms with van der Waals surface area (Å²) in [7, 11) is 0. The first kappa shape index (κ1) is 16.0. The Bertz CT molecular complexity index is 454. The summed E-state index contributed by atoms with van der Waals surface area (Å²) in [5.41, 5.74) is 2.33. The van der Waals surface area contributed by atoms with Gasteiger partial charge in [0.2, 0.25) is 0 Å². The average molecular weight is 290 g/mol. The van der Waals surface area contributed by atoms with Gasteiger partial charge in [0.05, 0.1) is 6.61 Å². The van der Waals surface area contributed by atoms with Crippen molar-refractivity contribution >= 4 is 5.97 Å². The summed E-state index contributed by atoms with van der Waals surface area (Å²) < 4.78 is 5.35. The Hall–Kier alpha value is -1.39. The molecule has 0 amide bonds. The third-order valence-corrected chi connectivity index (χ3v) is 3.98. The molecule has 21 heavy (non-hydrogen) atoms. The lowest BCUT2D eigenvalue weighted by atomic mass is 9.97. The van der Waals surface area contributed by atoms with Crippen molar-refractivity contribution in [2.75, 3.05) is 32.8 Å². The number of nitrogens with one attached hydrogen (secondary N) is 1. The Morgan fingerprint density at radius 1 is 1.29 bits per heavy atom. The number of ether oxygens (including phenoxy) is 1. The van der Waals surface area contributed by atoms with E-state index in [1.54, 1.807) is 0 Å². The Morgan fingerprint density at radius 3 is 2.86 bits per heavy atom. The third kappa shape index (κ3) is 4.05. The number of benzene rings is 1. The van der Waals surface area contributed by atoms with Crippen LogP contribution >= 0.6 is 0 Å². The number of nitrogens with zero attached hydrogens (tertiary/aromatic N) is 1. The first-order chi connectivity index (χ1) is 10.3. The SMILES string of the molecule is CCOC(=O)C(c1ccccc1CC)N1CCCNCC1. The average Bonchev–Trinajstić information content (AvgIpc) is 2.77. The highest BCUT2D eigenvalue weighted by atomic mass is 16.5. The van der Waals surface area contributed by atoms with Gasteiger partial charge in [-0.3, -0.25) is 4.90 Å². The summed E-state index contributed by atoms with van der Waals surface area (Å²) in [5.74, 6) is -0.125. The molecule has 4 heteroatoms. The van der Waals surface area contributed by atoms with Gasteiger partial charge in [-0.2, -0.15) is 0 Å². The zero-order valence-electron chi connectivity index (χ0n) is 13.1. The number of carbonyl (C=O) groups is 1. The number of rotatable bonds is 5. The summed E-state index contributed by atoms with van der Waals surface area (Å²) in [6.07, 6.45) is 1.99. The van der Waals surface area contributed by atoms with Crippen LogP contribution in [0.1, 0.15) is 37.4 Å². The van der Waals surface area contributed by atoms with Gasteiger partial charge >= 0.3 is 5.97 Å². The van der Waals surface area contributed by atoms with Gasteiger partial charge in [-0.1, -0.05) is 31.2 Å². The molecule has 0 aromatic heterocycles. The zero-order valence-corrected chi connectivity index (χ0v) is 13.1. The number of esters is 1. The van der Waals surface area contributed by atoms with Crippen LogP contribution in [0.2, 0.25) is 0 Å². The molecule has 1 N–H and O–H groups in total. The van der Waals surface area contributed by atoms with E-state index in [0.29, 0.717) is 6.61 Å². The fourth-order valence-corrected chi connectivity index (χ4v) is 2.94. The van der Waals surface area contributed by atoms with Gasteiger partial charge in [0.15, 0.2) is 0 Å². The summed E-state index contributed by atoms with van der Waals surface area (Å²) in [4.78, 5) is 14.8. The van der Waals surface area contributed by atoms with Crippen LogP contribution in [0, 0.1) is 0 Å². The van der Waals surface area contributed by atoms with E-state index >= 15 is 0 Å². The van der Waals surface area contributed by atoms with E-state index in [1.165, 1.54) is 5.56 Å². The Balaban J connectivity index is 2.32. The number of carbonyl (C=O) groups excluding carboxylic acids is 1. The van der Waals surface area contributed by atoms with E-state index in [-0.39, 0.29) is 12.0 Å². The van der Waals surface area contributed by atoms with Gasteiger partial charge in [-0.25, -0.2) is 4.79 Å². The molecular formula is C17H26N2O2. The molecule has 2 rings (SSSR count). The third-order valence-electron chi connectivity index (χ3n) is 3.98. The molecule has 0 bridgehead atoms. The van der Waals surface area contributed by atoms with Crippen LogP contribution in [0.25, 0.3) is 0 Å². The van der Waals surface area contributed by atoms with E-state index in [4.69, 9.17) is 4.74 Å². The molecule has 1 unspecified atom stereocenters. The van der Waals surface area contributed by atoms with Crippen molar-refractivity contribution in [3.8, 4) is 0 Å². The van der Waals surface area contributed by atoms with Gasteiger partial charge in [-0.05, 0) is 37.4 Å². The monoisotopic (exact) mass is 290 g/mol. The molecule has 1 aromatic rings. The van der Waals surface area contributed by atoms with Crippen molar-refractivity contribution in [1.29, 1.82) is 0 Å². The molecule has 0 spiro atoms. The molecule has 1 aliphatic heterocycles. The highest BCUT2D eigenvalue weighted by Gasteiger charge is 2.30. The summed E-state index contributed by atoms with van der Waals surface area (Å²) >= 11 is 0. The van der Waals surface area contributed by atoms with Crippen LogP contribution in [0.3, 0.4) is 0 Å². The minimum atomic E-state index is -0.277. The number of hydrogen-bond acceptors (Lipinski definition) is 4. The number of aryl methyl sites for hydroxylation is 1. The van der Waals surface area contributed by atoms with Crippen LogP contribution in [-0.2, 0) is 16.0 Å². The molecule has 1 saturated heterocycles. The molecular weight excluding hydrogens is 264 g/mol. The maximum absolute atomic E-state index is 12.5. The second kappa shape index (κ2) is 8.15. The summed E-state index contributed by atoms with van der Waals surface area (Å²) in [5, 5.41) is 3.39. The van der Waals surface area contributed by atoms with Crippen LogP contribution in [-0.4, -0.2) is 43.7 Å². The molecule has 1 fully saturated rings. The first-order valence-corrected chi connectivity index (χ1v) is 7.97. The zero-order chi connectivity index (χ0) is 15.1. The molecule has 1 aromatic carbocycles. The maximum atomic E-state index is 12.5. The van der Waals surface area contributed by atoms with Gasteiger partial charge < -0.3 is 10.1 Å². The normalized spacial score (nSPS) is 18.0. The van der Waals surface area contributed by atoms with Crippen LogP contribution < -0.4 is 5.32 Å². The highest BCUT2D eigenvalue weighted by molar-refractivity contribution is 5.78. The van der Waals surface area contributed by atoms with E-state index < -0.39 is 0 Å². The van der Waals surface area contributed by atoms with Crippen LogP contribution in [0.5, 0.6) is 0 Å². The van der Waals surface area contributed by atoms with Gasteiger partial charge in [0, 0.05) is 19.6 Å². The van der Waals surface area contributed by atoms with Crippen LogP contribution in [0.4, 0.5) is 0 Å². The Labute approximate surface area is 127 Å². The molecule has 4 nitrogen and oxygen atoms in total. The fraction of sp³-hybridized carbons (Fsp3) is 0.588. The summed E-state index contributed by atoms with van der Waals surface area (Å²) in [6.45, 7) is 8.16. The largest absolute Gasteiger partial charge is 0.465 e. The molecule has 0 radical (unpaired) electrons. The molecule has 0 saturated carbocycles. The molecule has 116 valence electrons. The number of hydrogen-bond donors (Lipinski definition) is 1. The van der Waals surface area contributed by atoms with Crippen molar-refractivity contribution in [2.45, 2.75) is 32.7 Å². The molecule has 1 aliphatic rings. The second-order valence-electron chi connectivity index (χ2n) is 5.35. The second-order valence-corrected chi connectivity index (χ2v) is 5.35. The van der Waals surface area contributed by atoms with Crippen molar-refractivity contribution in [3.05, 3.63) is 35.4 Å². The first-order valence-electron chi connectivity index (χ1n) is 7.97. The highest BCUT2D eigenvalue weighted by Crippen LogP contribution is 2.26. The Morgan fingerprint density at radius 2 is 2.10 bits per heavy atom. The van der Waals surface area contributed by atoms with Crippen molar-refractivity contribution in [3.63, 3.8) is 0 Å². The van der Waals surface area contributed by atoms with E-state index in [1.807, 2.05) is 19.1 Å². The lowest BCUT2D eigenvalue weighted by molar-refractivity contribution is -0.149. The molecule has 1 atom stereocenters.